The van der Waals surface area contributed by atoms with Gasteiger partial charge in [-0.05, 0) is 12.1 Å². The molecule has 0 unspecified atom stereocenters. The van der Waals surface area contributed by atoms with Crippen molar-refractivity contribution in [2.45, 2.75) is 0 Å². The van der Waals surface area contributed by atoms with E-state index in [1.54, 1.807) is 26.4 Å². The van der Waals surface area contributed by atoms with Crippen molar-refractivity contribution in [3.05, 3.63) is 36.1 Å². The number of methoxy groups -OCH3 is 2. The molecule has 0 amide bonds. The quantitative estimate of drug-likeness (QED) is 0.763. The first-order chi connectivity index (χ1) is 8.26. The van der Waals surface area contributed by atoms with Gasteiger partial charge < -0.3 is 19.9 Å². The first-order valence-corrected chi connectivity index (χ1v) is 5.18. The van der Waals surface area contributed by atoms with Crippen LogP contribution in [0.15, 0.2) is 36.1 Å². The summed E-state index contributed by atoms with van der Waals surface area (Å²) in [5, 5.41) is 0. The lowest BCUT2D eigenvalue weighted by molar-refractivity contribution is 0.294. The Morgan fingerprint density at radius 2 is 1.88 bits per heavy atom. The maximum Gasteiger partial charge on any atom is 0.203 e. The molecule has 0 saturated heterocycles. The molecule has 0 heterocycles. The molecule has 0 aliphatic rings. The van der Waals surface area contributed by atoms with Crippen LogP contribution >= 0.6 is 0 Å². The summed E-state index contributed by atoms with van der Waals surface area (Å²) in [6.45, 7) is 4.22. The van der Waals surface area contributed by atoms with Crippen LogP contribution in [0.25, 0.3) is 0 Å². The van der Waals surface area contributed by atoms with E-state index in [2.05, 4.69) is 12.3 Å². The van der Waals surface area contributed by atoms with Crippen LogP contribution in [0.5, 0.6) is 17.2 Å². The first kappa shape index (κ1) is 13.2. The van der Waals surface area contributed by atoms with Crippen LogP contribution in [-0.2, 0) is 0 Å². The summed E-state index contributed by atoms with van der Waals surface area (Å²) >= 11 is 0. The summed E-state index contributed by atoms with van der Waals surface area (Å²) in [5.41, 5.74) is 9.03. The second-order valence-corrected chi connectivity index (χ2v) is 3.26. The lowest BCUT2D eigenvalue weighted by Gasteiger charge is -2.14. The van der Waals surface area contributed by atoms with Crippen molar-refractivity contribution >= 4 is 0 Å². The van der Waals surface area contributed by atoms with Crippen LogP contribution in [0.3, 0.4) is 0 Å². The molecule has 92 valence electrons. The Labute approximate surface area is 101 Å². The minimum atomic E-state index is 0.316. The summed E-state index contributed by atoms with van der Waals surface area (Å²) in [5.74, 6) is 1.79. The molecule has 1 aromatic rings. The summed E-state index contributed by atoms with van der Waals surface area (Å²) < 4.78 is 16.0. The zero-order valence-electron chi connectivity index (χ0n) is 10.2. The van der Waals surface area contributed by atoms with Crippen molar-refractivity contribution in [2.75, 3.05) is 27.4 Å². The van der Waals surface area contributed by atoms with Crippen LogP contribution < -0.4 is 19.9 Å². The van der Waals surface area contributed by atoms with E-state index in [1.165, 1.54) is 0 Å². The summed E-state index contributed by atoms with van der Waals surface area (Å²) in [6.07, 6.45) is 0. The fourth-order valence-electron chi connectivity index (χ4n) is 1.30. The Hall–Kier alpha value is -1.90. The highest BCUT2D eigenvalue weighted by Crippen LogP contribution is 2.36. The highest BCUT2D eigenvalue weighted by molar-refractivity contribution is 5.51. The molecular weight excluding hydrogens is 218 g/mol. The van der Waals surface area contributed by atoms with Gasteiger partial charge in [-0.25, -0.2) is 0 Å². The summed E-state index contributed by atoms with van der Waals surface area (Å²) in [4.78, 5) is 0. The van der Waals surface area contributed by atoms with Gasteiger partial charge in [0.05, 0.1) is 14.2 Å². The molecule has 4 nitrogen and oxygen atoms in total. The van der Waals surface area contributed by atoms with E-state index in [4.69, 9.17) is 19.9 Å². The van der Waals surface area contributed by atoms with E-state index in [0.29, 0.717) is 30.4 Å². The van der Waals surface area contributed by atoms with E-state index in [9.17, 15) is 0 Å². The minimum absolute atomic E-state index is 0.316. The van der Waals surface area contributed by atoms with Gasteiger partial charge in [-0.2, -0.15) is 0 Å². The largest absolute Gasteiger partial charge is 0.493 e. The van der Waals surface area contributed by atoms with Crippen LogP contribution in [0.4, 0.5) is 0 Å². The highest BCUT2D eigenvalue weighted by atomic mass is 16.5. The standard InChI is InChI=1S/C13H17NO3/c1-4-10(8-14)9-17-13-11(15-2)6-5-7-12(13)16-3/h5-7H,1,8-9,14H2,2-3H3. The number of hydrogen-bond donors (Lipinski definition) is 1. The average Bonchev–Trinajstić information content (AvgIpc) is 2.39. The number of ether oxygens (including phenoxy) is 3. The van der Waals surface area contributed by atoms with E-state index in [-0.39, 0.29) is 0 Å². The molecule has 0 radical (unpaired) electrons. The molecule has 0 spiro atoms. The SMILES string of the molecule is C=C=C(CN)COc1c(OC)cccc1OC. The fraction of sp³-hybridized carbons (Fsp3) is 0.308. The van der Waals surface area contributed by atoms with Gasteiger partial charge in [-0.3, -0.25) is 0 Å². The van der Waals surface area contributed by atoms with Crippen LogP contribution in [0.1, 0.15) is 0 Å². The normalized spacial score (nSPS) is 9.35. The minimum Gasteiger partial charge on any atom is -0.493 e. The number of nitrogens with two attached hydrogens (primary N) is 1. The van der Waals surface area contributed by atoms with E-state index >= 15 is 0 Å². The average molecular weight is 235 g/mol. The second-order valence-electron chi connectivity index (χ2n) is 3.26. The molecule has 0 saturated carbocycles. The number of benzene rings is 1. The summed E-state index contributed by atoms with van der Waals surface area (Å²) in [7, 11) is 3.16. The molecule has 0 atom stereocenters. The van der Waals surface area contributed by atoms with E-state index < -0.39 is 0 Å². The topological polar surface area (TPSA) is 53.7 Å². The molecule has 0 aliphatic carbocycles. The third-order valence-electron chi connectivity index (χ3n) is 2.27. The molecule has 0 aromatic heterocycles. The van der Waals surface area contributed by atoms with Gasteiger partial charge in [-0.15, -0.1) is 5.73 Å². The van der Waals surface area contributed by atoms with Crippen molar-refractivity contribution in [2.24, 2.45) is 5.73 Å². The fourth-order valence-corrected chi connectivity index (χ4v) is 1.30. The molecule has 17 heavy (non-hydrogen) atoms. The third kappa shape index (κ3) is 3.28. The predicted molar refractivity (Wildman–Crippen MR) is 66.7 cm³/mol. The lowest BCUT2D eigenvalue weighted by atomic mass is 10.3. The van der Waals surface area contributed by atoms with Crippen LogP contribution in [-0.4, -0.2) is 27.4 Å². The lowest BCUT2D eigenvalue weighted by Crippen LogP contribution is -2.11. The van der Waals surface area contributed by atoms with Crippen molar-refractivity contribution in [1.82, 2.24) is 0 Å². The Bertz CT molecular complexity index is 400. The zero-order chi connectivity index (χ0) is 12.7. The molecule has 1 aromatic carbocycles. The van der Waals surface area contributed by atoms with Gasteiger partial charge in [0.2, 0.25) is 5.75 Å². The maximum absolute atomic E-state index is 5.62. The van der Waals surface area contributed by atoms with Gasteiger partial charge in [-0.1, -0.05) is 12.6 Å². The van der Waals surface area contributed by atoms with Gasteiger partial charge >= 0.3 is 0 Å². The van der Waals surface area contributed by atoms with Crippen molar-refractivity contribution in [3.8, 4) is 17.2 Å². The van der Waals surface area contributed by atoms with Gasteiger partial charge in [0, 0.05) is 12.1 Å². The highest BCUT2D eigenvalue weighted by Gasteiger charge is 2.11. The van der Waals surface area contributed by atoms with Crippen LogP contribution in [0.2, 0.25) is 0 Å². The van der Waals surface area contributed by atoms with Gasteiger partial charge in [0.1, 0.15) is 6.61 Å². The van der Waals surface area contributed by atoms with Crippen LogP contribution in [0, 0.1) is 0 Å². The Kier molecular flexibility index (Phi) is 5.14. The molecule has 2 N–H and O–H groups in total. The Morgan fingerprint density at radius 1 is 1.29 bits per heavy atom. The van der Waals surface area contributed by atoms with E-state index in [1.807, 2.05) is 6.07 Å². The third-order valence-corrected chi connectivity index (χ3v) is 2.27. The number of hydrogen-bond acceptors (Lipinski definition) is 4. The Morgan fingerprint density at radius 3 is 2.29 bits per heavy atom. The summed E-state index contributed by atoms with van der Waals surface area (Å²) in [6, 6.07) is 5.44. The molecule has 4 heteroatoms. The van der Waals surface area contributed by atoms with Crippen molar-refractivity contribution < 1.29 is 14.2 Å². The smallest absolute Gasteiger partial charge is 0.203 e. The molecule has 0 bridgehead atoms. The van der Waals surface area contributed by atoms with E-state index in [0.717, 1.165) is 5.57 Å². The van der Waals surface area contributed by atoms with Crippen molar-refractivity contribution in [3.63, 3.8) is 0 Å². The van der Waals surface area contributed by atoms with Gasteiger partial charge in [0.25, 0.3) is 0 Å². The first-order valence-electron chi connectivity index (χ1n) is 5.18. The second kappa shape index (κ2) is 6.63. The molecule has 0 fully saturated rings. The van der Waals surface area contributed by atoms with Crippen molar-refractivity contribution in [1.29, 1.82) is 0 Å². The Balaban J connectivity index is 2.91. The van der Waals surface area contributed by atoms with Gasteiger partial charge in [0.15, 0.2) is 11.5 Å². The molecule has 0 aliphatic heterocycles. The zero-order valence-corrected chi connectivity index (χ0v) is 10.2. The number of rotatable bonds is 6. The predicted octanol–water partition coefficient (Wildman–Crippen LogP) is 1.75. The molecule has 1 rings (SSSR count). The monoisotopic (exact) mass is 235 g/mol. The molecular formula is C13H17NO3. The number of para-hydroxylation sites is 1. The maximum atomic E-state index is 5.62.